The van der Waals surface area contributed by atoms with Crippen molar-refractivity contribution in [3.8, 4) is 11.5 Å². The lowest BCUT2D eigenvalue weighted by Crippen LogP contribution is -2.37. The quantitative estimate of drug-likeness (QED) is 0.197. The van der Waals surface area contributed by atoms with Crippen LogP contribution in [0.1, 0.15) is 61.9 Å². The molecule has 1 heterocycles. The minimum Gasteiger partial charge on any atom is -0.497 e. The summed E-state index contributed by atoms with van der Waals surface area (Å²) in [4.78, 5) is 13.4. The summed E-state index contributed by atoms with van der Waals surface area (Å²) in [5.74, 6) is -0.0172. The second-order valence-corrected chi connectivity index (χ2v) is 17.8. The molecule has 0 amide bonds. The number of benzene rings is 1. The van der Waals surface area contributed by atoms with E-state index in [0.717, 1.165) is 18.0 Å². The number of rotatable bonds is 14. The summed E-state index contributed by atoms with van der Waals surface area (Å²) >= 11 is 0. The molecule has 0 spiro atoms. The van der Waals surface area contributed by atoms with Crippen molar-refractivity contribution in [3.63, 3.8) is 0 Å². The lowest BCUT2D eigenvalue weighted by molar-refractivity contribution is -0.157. The van der Waals surface area contributed by atoms with E-state index in [4.69, 9.17) is 28.4 Å². The SMILES string of the molecule is COCOc1cc(OC)cc(C2CC2C[C@@H]2OC(C)(C)O[C@@H]2C(O)C[C@H](C)O)c1C(=O)OCC[Si](C)(C)C. The molecule has 0 radical (unpaired) electrons. The zero-order chi connectivity index (χ0) is 28.3. The molecule has 0 bridgehead atoms. The van der Waals surface area contributed by atoms with Crippen LogP contribution in [0.25, 0.3) is 0 Å². The van der Waals surface area contributed by atoms with Gasteiger partial charge >= 0.3 is 5.97 Å². The zero-order valence-electron chi connectivity index (χ0n) is 24.1. The summed E-state index contributed by atoms with van der Waals surface area (Å²) in [7, 11) is 1.73. The van der Waals surface area contributed by atoms with Crippen molar-refractivity contribution in [2.75, 3.05) is 27.6 Å². The normalized spacial score (nSPS) is 26.1. The second-order valence-electron chi connectivity index (χ2n) is 12.2. The molecule has 1 aromatic carbocycles. The summed E-state index contributed by atoms with van der Waals surface area (Å²) in [6.07, 6.45) is -0.687. The molecular formula is C28H46O9Si. The van der Waals surface area contributed by atoms with E-state index in [1.807, 2.05) is 19.9 Å². The standard InChI is InChI=1S/C28H46O9Si/c1-17(29)11-22(30)26-24(36-28(2,3)37-26)13-18-12-20(18)21-14-19(33-5)15-23(35-16-32-4)25(21)27(31)34-9-10-38(6,7)8/h14-15,17-18,20,22,24,26,29-30H,9-13,16H2,1-8H3/t17-,18?,20?,22?,24-,26+/m0/s1. The molecule has 9 nitrogen and oxygen atoms in total. The maximum absolute atomic E-state index is 13.4. The number of methoxy groups -OCH3 is 2. The van der Waals surface area contributed by atoms with Gasteiger partial charge in [0.05, 0.1) is 32.0 Å². The first-order chi connectivity index (χ1) is 17.7. The van der Waals surface area contributed by atoms with Crippen molar-refractivity contribution in [1.29, 1.82) is 0 Å². The van der Waals surface area contributed by atoms with Crippen molar-refractivity contribution in [1.82, 2.24) is 0 Å². The maximum Gasteiger partial charge on any atom is 0.342 e. The van der Waals surface area contributed by atoms with E-state index in [0.29, 0.717) is 30.1 Å². The average Bonchev–Trinajstić information content (AvgIpc) is 3.49. The van der Waals surface area contributed by atoms with Crippen molar-refractivity contribution in [2.24, 2.45) is 5.92 Å². The van der Waals surface area contributed by atoms with Crippen LogP contribution in [0.4, 0.5) is 0 Å². The highest BCUT2D eigenvalue weighted by Gasteiger charge is 2.50. The molecule has 1 aliphatic carbocycles. The minimum atomic E-state index is -1.38. The Hall–Kier alpha value is -1.69. The van der Waals surface area contributed by atoms with E-state index in [1.54, 1.807) is 20.1 Å². The Morgan fingerprint density at radius 1 is 1.18 bits per heavy atom. The van der Waals surface area contributed by atoms with Gasteiger partial charge in [-0.05, 0) is 63.1 Å². The first-order valence-corrected chi connectivity index (χ1v) is 17.2. The van der Waals surface area contributed by atoms with Gasteiger partial charge in [0.2, 0.25) is 0 Å². The van der Waals surface area contributed by atoms with Crippen LogP contribution >= 0.6 is 0 Å². The molecule has 216 valence electrons. The molecule has 2 aliphatic rings. The Balaban J connectivity index is 1.83. The van der Waals surface area contributed by atoms with E-state index in [2.05, 4.69) is 19.6 Å². The van der Waals surface area contributed by atoms with Crippen LogP contribution < -0.4 is 9.47 Å². The van der Waals surface area contributed by atoms with Gasteiger partial charge in [0.15, 0.2) is 12.6 Å². The zero-order valence-corrected chi connectivity index (χ0v) is 25.1. The molecule has 38 heavy (non-hydrogen) atoms. The number of aliphatic hydroxyl groups excluding tert-OH is 2. The number of aliphatic hydroxyl groups is 2. The third kappa shape index (κ3) is 8.40. The van der Waals surface area contributed by atoms with Crippen molar-refractivity contribution in [2.45, 2.75) is 102 Å². The lowest BCUT2D eigenvalue weighted by atomic mass is 9.95. The van der Waals surface area contributed by atoms with Gasteiger partial charge in [-0.1, -0.05) is 19.6 Å². The topological polar surface area (TPSA) is 113 Å². The summed E-state index contributed by atoms with van der Waals surface area (Å²) in [5, 5.41) is 20.5. The molecule has 1 saturated carbocycles. The van der Waals surface area contributed by atoms with Gasteiger partial charge in [-0.2, -0.15) is 0 Å². The fraction of sp³-hybridized carbons (Fsp3) is 0.750. The lowest BCUT2D eigenvalue weighted by Gasteiger charge is -2.23. The highest BCUT2D eigenvalue weighted by Crippen LogP contribution is 2.54. The molecular weight excluding hydrogens is 508 g/mol. The Morgan fingerprint density at radius 3 is 2.50 bits per heavy atom. The van der Waals surface area contributed by atoms with E-state index >= 15 is 0 Å². The smallest absolute Gasteiger partial charge is 0.342 e. The van der Waals surface area contributed by atoms with Gasteiger partial charge < -0.3 is 38.6 Å². The maximum atomic E-state index is 13.4. The van der Waals surface area contributed by atoms with Crippen molar-refractivity contribution >= 4 is 14.0 Å². The van der Waals surface area contributed by atoms with Crippen LogP contribution in [0.2, 0.25) is 25.7 Å². The summed E-state index contributed by atoms with van der Waals surface area (Å²) in [5.41, 5.74) is 1.22. The first-order valence-electron chi connectivity index (χ1n) is 13.5. The third-order valence-corrected chi connectivity index (χ3v) is 8.71. The molecule has 0 aromatic heterocycles. The number of hydrogen-bond donors (Lipinski definition) is 2. The molecule has 10 heteroatoms. The predicted octanol–water partition coefficient (Wildman–Crippen LogP) is 4.32. The van der Waals surface area contributed by atoms with Crippen LogP contribution in [-0.2, 0) is 18.9 Å². The highest BCUT2D eigenvalue weighted by atomic mass is 28.3. The molecule has 3 rings (SSSR count). The van der Waals surface area contributed by atoms with Crippen LogP contribution in [0.3, 0.4) is 0 Å². The number of carbonyl (C=O) groups excluding carboxylic acids is 1. The van der Waals surface area contributed by atoms with E-state index in [-0.39, 0.29) is 31.2 Å². The summed E-state index contributed by atoms with van der Waals surface area (Å²) in [6, 6.07) is 4.44. The van der Waals surface area contributed by atoms with Gasteiger partial charge in [0.1, 0.15) is 23.2 Å². The predicted molar refractivity (Wildman–Crippen MR) is 146 cm³/mol. The van der Waals surface area contributed by atoms with E-state index < -0.39 is 38.1 Å². The first kappa shape index (κ1) is 30.8. The molecule has 1 aromatic rings. The highest BCUT2D eigenvalue weighted by molar-refractivity contribution is 6.76. The molecule has 1 aliphatic heterocycles. The monoisotopic (exact) mass is 554 g/mol. The van der Waals surface area contributed by atoms with Gasteiger partial charge in [-0.3, -0.25) is 0 Å². The number of carbonyl (C=O) groups is 1. The minimum absolute atomic E-state index is 0.0128. The van der Waals surface area contributed by atoms with Crippen LogP contribution in [0.5, 0.6) is 11.5 Å². The molecule has 2 N–H and O–H groups in total. The number of ether oxygens (including phenoxy) is 6. The molecule has 3 unspecified atom stereocenters. The van der Waals surface area contributed by atoms with E-state index in [9.17, 15) is 15.0 Å². The van der Waals surface area contributed by atoms with Crippen molar-refractivity contribution < 1.29 is 43.4 Å². The van der Waals surface area contributed by atoms with Gasteiger partial charge in [0, 0.05) is 27.7 Å². The van der Waals surface area contributed by atoms with Gasteiger partial charge in [-0.25, -0.2) is 4.79 Å². The molecule has 6 atom stereocenters. The van der Waals surface area contributed by atoms with Crippen LogP contribution in [0, 0.1) is 5.92 Å². The Morgan fingerprint density at radius 2 is 1.89 bits per heavy atom. The largest absolute Gasteiger partial charge is 0.497 e. The molecule has 2 fully saturated rings. The Bertz CT molecular complexity index is 943. The summed E-state index contributed by atoms with van der Waals surface area (Å²) in [6.45, 7) is 12.4. The fourth-order valence-electron chi connectivity index (χ4n) is 5.04. The average molecular weight is 555 g/mol. The summed E-state index contributed by atoms with van der Waals surface area (Å²) < 4.78 is 34.3. The van der Waals surface area contributed by atoms with E-state index in [1.165, 1.54) is 7.11 Å². The fourth-order valence-corrected chi connectivity index (χ4v) is 5.75. The van der Waals surface area contributed by atoms with Crippen molar-refractivity contribution in [3.05, 3.63) is 23.3 Å². The van der Waals surface area contributed by atoms with Crippen LogP contribution in [-0.4, -0.2) is 82.1 Å². The molecule has 1 saturated heterocycles. The Kier molecular flexibility index (Phi) is 10.3. The number of esters is 1. The van der Waals surface area contributed by atoms with Gasteiger partial charge in [0.25, 0.3) is 0 Å². The van der Waals surface area contributed by atoms with Crippen LogP contribution in [0.15, 0.2) is 12.1 Å². The number of hydrogen-bond acceptors (Lipinski definition) is 9. The Labute approximate surface area is 227 Å². The third-order valence-electron chi connectivity index (χ3n) is 7.00. The second kappa shape index (κ2) is 12.7. The van der Waals surface area contributed by atoms with Gasteiger partial charge in [-0.15, -0.1) is 0 Å².